The van der Waals surface area contributed by atoms with E-state index in [-0.39, 0.29) is 27.9 Å². The minimum absolute atomic E-state index is 0.0218. The van der Waals surface area contributed by atoms with Crippen molar-refractivity contribution in [2.24, 2.45) is 0 Å². The molecule has 0 saturated carbocycles. The third kappa shape index (κ3) is 5.15. The van der Waals surface area contributed by atoms with Gasteiger partial charge in [-0.25, -0.2) is 9.97 Å². The molecule has 0 aliphatic heterocycles. The molecule has 2 aromatic heterocycles. The lowest BCUT2D eigenvalue weighted by molar-refractivity contribution is -0.108. The summed E-state index contributed by atoms with van der Waals surface area (Å²) < 4.78 is 21.1. The number of rotatable bonds is 10. The van der Waals surface area contributed by atoms with Crippen molar-refractivity contribution >= 4 is 29.0 Å². The van der Waals surface area contributed by atoms with E-state index in [1.165, 1.54) is 47.8 Å². The van der Waals surface area contributed by atoms with Crippen LogP contribution in [0.5, 0.6) is 0 Å². The maximum absolute atomic E-state index is 13.2. The van der Waals surface area contributed by atoms with Gasteiger partial charge in [0.2, 0.25) is 0 Å². The second-order valence-electron chi connectivity index (χ2n) is 6.61. The zero-order chi connectivity index (χ0) is 22.5. The number of ether oxygens (including phenoxy) is 4. The van der Waals surface area contributed by atoms with Gasteiger partial charge in [-0.2, -0.15) is 0 Å². The lowest BCUT2D eigenvalue weighted by atomic mass is 9.86. The highest BCUT2D eigenvalue weighted by Gasteiger charge is 2.36. The number of aliphatic hydroxyl groups is 1. The smallest absolute Gasteiger partial charge is 0.183 e. The van der Waals surface area contributed by atoms with E-state index in [4.69, 9.17) is 42.1 Å². The number of aromatic nitrogens is 2. The Kier molecular flexibility index (Phi) is 8.69. The van der Waals surface area contributed by atoms with Crippen molar-refractivity contribution in [1.29, 1.82) is 0 Å². The molecule has 0 aliphatic carbocycles. The zero-order valence-corrected chi connectivity index (χ0v) is 18.8. The molecule has 30 heavy (non-hydrogen) atoms. The highest BCUT2D eigenvalue weighted by molar-refractivity contribution is 6.33. The molecule has 2 aromatic rings. The molecule has 8 nitrogen and oxygen atoms in total. The largest absolute Gasteiger partial charge is 0.385 e. The molecular weight excluding hydrogens is 435 g/mol. The van der Waals surface area contributed by atoms with Crippen molar-refractivity contribution in [3.8, 4) is 0 Å². The van der Waals surface area contributed by atoms with Gasteiger partial charge < -0.3 is 24.1 Å². The van der Waals surface area contributed by atoms with E-state index in [1.807, 2.05) is 0 Å². The van der Waals surface area contributed by atoms with Crippen LogP contribution in [0.2, 0.25) is 10.3 Å². The Hall–Kier alpha value is -1.65. The molecular formula is C20H24Cl2N2O6. The third-order valence-electron chi connectivity index (χ3n) is 4.56. The number of hydrogen-bond donors (Lipinski definition) is 1. The minimum Gasteiger partial charge on any atom is -0.385 e. The van der Waals surface area contributed by atoms with Gasteiger partial charge in [-0.15, -0.1) is 0 Å². The van der Waals surface area contributed by atoms with Crippen LogP contribution in [0.25, 0.3) is 0 Å². The van der Waals surface area contributed by atoms with Gasteiger partial charge in [0, 0.05) is 63.9 Å². The van der Waals surface area contributed by atoms with Crippen molar-refractivity contribution in [2.45, 2.75) is 31.5 Å². The second-order valence-corrected chi connectivity index (χ2v) is 7.33. The lowest BCUT2D eigenvalue weighted by Gasteiger charge is -2.29. The van der Waals surface area contributed by atoms with Crippen LogP contribution in [0.1, 0.15) is 53.0 Å². The molecule has 2 rings (SSSR count). The minimum atomic E-state index is -1.72. The summed E-state index contributed by atoms with van der Waals surface area (Å²) in [5.41, 5.74) is -0.582. The van der Waals surface area contributed by atoms with Gasteiger partial charge in [0.1, 0.15) is 10.3 Å². The summed E-state index contributed by atoms with van der Waals surface area (Å²) in [6.45, 7) is 1.45. The Morgan fingerprint density at radius 3 is 1.97 bits per heavy atom. The molecule has 1 N–H and O–H groups in total. The number of halogens is 2. The molecule has 0 radical (unpaired) electrons. The quantitative estimate of drug-likeness (QED) is 0.325. The molecule has 0 amide bonds. The topological polar surface area (TPSA) is 100 Å². The first kappa shape index (κ1) is 24.6. The summed E-state index contributed by atoms with van der Waals surface area (Å²) in [6, 6.07) is 3.17. The number of Topliss-reactive ketones (excluding diaryl/α,β-unsaturated/α-hetero) is 1. The van der Waals surface area contributed by atoms with E-state index in [9.17, 15) is 9.90 Å². The highest BCUT2D eigenvalue weighted by Crippen LogP contribution is 2.38. The normalized spacial score (nSPS) is 13.7. The molecule has 164 valence electrons. The maximum atomic E-state index is 13.2. The fourth-order valence-corrected chi connectivity index (χ4v) is 3.93. The number of nitrogens with zero attached hydrogens (tertiary/aromatic N) is 2. The van der Waals surface area contributed by atoms with E-state index in [0.29, 0.717) is 11.1 Å². The van der Waals surface area contributed by atoms with Crippen LogP contribution in [0.4, 0.5) is 0 Å². The Morgan fingerprint density at radius 1 is 0.967 bits per heavy atom. The van der Waals surface area contributed by atoms with Crippen molar-refractivity contribution < 1.29 is 28.8 Å². The molecule has 0 saturated heterocycles. The molecule has 0 spiro atoms. The summed E-state index contributed by atoms with van der Waals surface area (Å²) in [5.74, 6) is -0.482. The predicted octanol–water partition coefficient (Wildman–Crippen LogP) is 3.85. The Bertz CT molecular complexity index is 886. The van der Waals surface area contributed by atoms with Gasteiger partial charge in [0.15, 0.2) is 18.4 Å². The summed E-state index contributed by atoms with van der Waals surface area (Å²) >= 11 is 12.5. The van der Waals surface area contributed by atoms with Crippen LogP contribution >= 0.6 is 23.2 Å². The number of carbonyl (C=O) groups excluding carboxylic acids is 1. The first-order valence-electron chi connectivity index (χ1n) is 8.87. The molecule has 0 fully saturated rings. The Morgan fingerprint density at radius 2 is 1.43 bits per heavy atom. The average Bonchev–Trinajstić information content (AvgIpc) is 2.69. The highest BCUT2D eigenvalue weighted by atomic mass is 35.5. The number of carbonyl (C=O) groups is 1. The van der Waals surface area contributed by atoms with Crippen LogP contribution in [0.3, 0.4) is 0 Å². The first-order chi connectivity index (χ1) is 14.2. The van der Waals surface area contributed by atoms with E-state index in [2.05, 4.69) is 9.97 Å². The van der Waals surface area contributed by atoms with Gasteiger partial charge >= 0.3 is 0 Å². The van der Waals surface area contributed by atoms with Gasteiger partial charge in [0.25, 0.3) is 0 Å². The number of hydrogen-bond acceptors (Lipinski definition) is 8. The van der Waals surface area contributed by atoms with Crippen molar-refractivity contribution in [2.75, 3.05) is 28.4 Å². The van der Waals surface area contributed by atoms with E-state index in [1.54, 1.807) is 12.1 Å². The summed E-state index contributed by atoms with van der Waals surface area (Å²) in [5, 5.41) is 11.3. The summed E-state index contributed by atoms with van der Waals surface area (Å²) in [7, 11) is 5.77. The van der Waals surface area contributed by atoms with E-state index in [0.717, 1.165) is 0 Å². The fraction of sp³-hybridized carbons (Fsp3) is 0.450. The first-order valence-corrected chi connectivity index (χ1v) is 9.63. The number of ketones is 1. The Balaban J connectivity index is 2.51. The predicted molar refractivity (Wildman–Crippen MR) is 111 cm³/mol. The average molecular weight is 459 g/mol. The van der Waals surface area contributed by atoms with Gasteiger partial charge in [-0.05, 0) is 19.1 Å². The van der Waals surface area contributed by atoms with Crippen LogP contribution < -0.4 is 0 Å². The van der Waals surface area contributed by atoms with Crippen molar-refractivity contribution in [1.82, 2.24) is 9.97 Å². The summed E-state index contributed by atoms with van der Waals surface area (Å²) in [6.07, 6.45) is 0.881. The number of methoxy groups -OCH3 is 4. The van der Waals surface area contributed by atoms with Gasteiger partial charge in [-0.1, -0.05) is 23.2 Å². The van der Waals surface area contributed by atoms with Crippen LogP contribution in [0.15, 0.2) is 24.5 Å². The van der Waals surface area contributed by atoms with Gasteiger partial charge in [0.05, 0.1) is 11.2 Å². The monoisotopic (exact) mass is 458 g/mol. The molecule has 1 unspecified atom stereocenters. The molecule has 0 bridgehead atoms. The van der Waals surface area contributed by atoms with E-state index < -0.39 is 24.0 Å². The molecule has 0 aromatic carbocycles. The third-order valence-corrected chi connectivity index (χ3v) is 5.13. The zero-order valence-electron chi connectivity index (χ0n) is 17.3. The molecule has 10 heteroatoms. The molecule has 1 atom stereocenters. The van der Waals surface area contributed by atoms with Crippen LogP contribution in [-0.4, -0.2) is 49.3 Å². The van der Waals surface area contributed by atoms with Crippen molar-refractivity contribution in [3.63, 3.8) is 0 Å². The fourth-order valence-electron chi connectivity index (χ4n) is 3.29. The molecule has 2 heterocycles. The second kappa shape index (κ2) is 10.6. The van der Waals surface area contributed by atoms with Gasteiger partial charge in [-0.3, -0.25) is 4.79 Å². The number of pyridine rings is 2. The van der Waals surface area contributed by atoms with Crippen molar-refractivity contribution in [3.05, 3.63) is 57.1 Å². The molecule has 0 aliphatic rings. The Labute approximate surface area is 185 Å². The van der Waals surface area contributed by atoms with E-state index >= 15 is 0 Å². The lowest BCUT2D eigenvalue weighted by Crippen LogP contribution is -2.29. The summed E-state index contributed by atoms with van der Waals surface area (Å²) in [4.78, 5) is 21.2. The maximum Gasteiger partial charge on any atom is 0.183 e. The SMILES string of the molecule is COC(OC)c1ccnc(Cl)c1C(=O)CC(C)(O)c1c(C(OC)OC)ccnc1Cl. The van der Waals surface area contributed by atoms with Crippen LogP contribution in [0, 0.1) is 0 Å². The standard InChI is InChI=1S/C20H24Cl2N2O6/c1-20(26,15-12(19(29-4)30-5)7-9-24-17(15)22)10-13(25)14-11(18(27-2)28-3)6-8-23-16(14)21/h6-9,18-19,26H,10H2,1-5H3. The van der Waals surface area contributed by atoms with Crippen LogP contribution in [-0.2, 0) is 24.5 Å².